The van der Waals surface area contributed by atoms with Gasteiger partial charge in [-0.05, 0) is 25.5 Å². The number of hydrogen-bond acceptors (Lipinski definition) is 2. The summed E-state index contributed by atoms with van der Waals surface area (Å²) in [4.78, 5) is 0. The Morgan fingerprint density at radius 2 is 1.92 bits per heavy atom. The highest BCUT2D eigenvalue weighted by Crippen LogP contribution is 2.24. The van der Waals surface area contributed by atoms with Gasteiger partial charge in [0.15, 0.2) is 0 Å². The lowest BCUT2D eigenvalue weighted by Crippen LogP contribution is -2.23. The molecule has 0 aliphatic carbocycles. The fraction of sp³-hybridized carbons (Fsp3) is 0.200. The highest BCUT2D eigenvalue weighted by Gasteiger charge is 2.06. The number of aryl methyl sites for hydroxylation is 1. The lowest BCUT2D eigenvalue weighted by molar-refractivity contribution is 0.953. The molecule has 2 N–H and O–H groups in total. The van der Waals surface area contributed by atoms with Gasteiger partial charge >= 0.3 is 0 Å². The number of para-hydroxylation sites is 1. The van der Waals surface area contributed by atoms with Gasteiger partial charge in [-0.3, -0.25) is 0 Å². The first kappa shape index (κ1) is 7.22. The molecule has 1 aliphatic heterocycles. The maximum Gasteiger partial charge on any atom is 0.0641 e. The van der Waals surface area contributed by atoms with E-state index < -0.39 is 0 Å². The maximum absolute atomic E-state index is 3.16. The minimum absolute atomic E-state index is 1.15. The molecular formula is C10H12N2. The smallest absolute Gasteiger partial charge is 0.0641 e. The molecule has 12 heavy (non-hydrogen) atoms. The Hall–Kier alpha value is -1.44. The normalized spacial score (nSPS) is 14.0. The number of benzene rings is 1. The van der Waals surface area contributed by atoms with Gasteiger partial charge in [0, 0.05) is 11.3 Å². The summed E-state index contributed by atoms with van der Waals surface area (Å²) in [5, 5.41) is 0. The van der Waals surface area contributed by atoms with E-state index in [0.717, 1.165) is 5.70 Å². The predicted octanol–water partition coefficient (Wildman–Crippen LogP) is 2.29. The Morgan fingerprint density at radius 3 is 2.75 bits per heavy atom. The molecule has 2 heteroatoms. The zero-order chi connectivity index (χ0) is 8.55. The van der Waals surface area contributed by atoms with Crippen LogP contribution in [-0.2, 0) is 0 Å². The van der Waals surface area contributed by atoms with E-state index in [0.29, 0.717) is 0 Å². The van der Waals surface area contributed by atoms with E-state index in [9.17, 15) is 0 Å². The van der Waals surface area contributed by atoms with Gasteiger partial charge < -0.3 is 10.9 Å². The van der Waals surface area contributed by atoms with E-state index in [-0.39, 0.29) is 0 Å². The zero-order valence-corrected chi connectivity index (χ0v) is 7.31. The SMILES string of the molecule is CC1=Cc2cccc(C)c2NN1. The number of hydrazine groups is 1. The molecule has 0 unspecified atom stereocenters. The van der Waals surface area contributed by atoms with Crippen LogP contribution in [0.5, 0.6) is 0 Å². The molecule has 1 aromatic rings. The van der Waals surface area contributed by atoms with Crippen LogP contribution in [0.4, 0.5) is 5.69 Å². The third kappa shape index (κ3) is 1.05. The van der Waals surface area contributed by atoms with Gasteiger partial charge in [0.2, 0.25) is 0 Å². The second-order valence-electron chi connectivity index (χ2n) is 3.12. The van der Waals surface area contributed by atoms with Crippen molar-refractivity contribution >= 4 is 11.8 Å². The van der Waals surface area contributed by atoms with E-state index in [2.05, 4.69) is 42.1 Å². The first-order chi connectivity index (χ1) is 5.77. The molecule has 0 spiro atoms. The monoisotopic (exact) mass is 160 g/mol. The molecule has 0 radical (unpaired) electrons. The third-order valence-corrected chi connectivity index (χ3v) is 2.06. The minimum Gasteiger partial charge on any atom is -0.305 e. The number of rotatable bonds is 0. The molecule has 1 aromatic carbocycles. The molecule has 0 saturated carbocycles. The largest absolute Gasteiger partial charge is 0.305 e. The van der Waals surface area contributed by atoms with E-state index in [4.69, 9.17) is 0 Å². The second kappa shape index (κ2) is 2.55. The average molecular weight is 160 g/mol. The fourth-order valence-electron chi connectivity index (χ4n) is 1.41. The Kier molecular flexibility index (Phi) is 1.54. The highest BCUT2D eigenvalue weighted by atomic mass is 15.4. The maximum atomic E-state index is 3.16. The van der Waals surface area contributed by atoms with Crippen LogP contribution >= 0.6 is 0 Å². The molecule has 1 aliphatic rings. The summed E-state index contributed by atoms with van der Waals surface area (Å²) >= 11 is 0. The van der Waals surface area contributed by atoms with Crippen LogP contribution in [0, 0.1) is 6.92 Å². The van der Waals surface area contributed by atoms with Crippen LogP contribution in [0.3, 0.4) is 0 Å². The van der Waals surface area contributed by atoms with Crippen molar-refractivity contribution in [2.24, 2.45) is 0 Å². The van der Waals surface area contributed by atoms with Gasteiger partial charge in [-0.2, -0.15) is 0 Å². The van der Waals surface area contributed by atoms with Crippen LogP contribution in [0.2, 0.25) is 0 Å². The zero-order valence-electron chi connectivity index (χ0n) is 7.31. The van der Waals surface area contributed by atoms with Crippen LogP contribution in [0.1, 0.15) is 18.1 Å². The Morgan fingerprint density at radius 1 is 1.08 bits per heavy atom. The van der Waals surface area contributed by atoms with Crippen molar-refractivity contribution in [3.8, 4) is 0 Å². The molecule has 1 heterocycles. The minimum atomic E-state index is 1.15. The van der Waals surface area contributed by atoms with Crippen LogP contribution in [0.25, 0.3) is 6.08 Å². The molecular weight excluding hydrogens is 148 g/mol. The van der Waals surface area contributed by atoms with Gasteiger partial charge in [-0.15, -0.1) is 0 Å². The number of allylic oxidation sites excluding steroid dienone is 1. The molecule has 0 saturated heterocycles. The van der Waals surface area contributed by atoms with E-state index in [1.807, 2.05) is 6.92 Å². The van der Waals surface area contributed by atoms with Crippen LogP contribution < -0.4 is 10.9 Å². The van der Waals surface area contributed by atoms with E-state index in [1.165, 1.54) is 16.8 Å². The standard InChI is InChI=1S/C10H12N2/c1-7-4-3-5-9-6-8(2)11-12-10(7)9/h3-6,11-12H,1-2H3. The molecule has 2 nitrogen and oxygen atoms in total. The van der Waals surface area contributed by atoms with E-state index >= 15 is 0 Å². The fourth-order valence-corrected chi connectivity index (χ4v) is 1.41. The van der Waals surface area contributed by atoms with Crippen molar-refractivity contribution in [3.05, 3.63) is 35.0 Å². The van der Waals surface area contributed by atoms with Gasteiger partial charge in [0.1, 0.15) is 0 Å². The van der Waals surface area contributed by atoms with Crippen LogP contribution in [0.15, 0.2) is 23.9 Å². The van der Waals surface area contributed by atoms with Crippen LogP contribution in [-0.4, -0.2) is 0 Å². The summed E-state index contributed by atoms with van der Waals surface area (Å²) in [5.74, 6) is 0. The molecule has 2 rings (SSSR count). The summed E-state index contributed by atoms with van der Waals surface area (Å²) in [6.45, 7) is 4.14. The molecule has 0 amide bonds. The Bertz CT molecular complexity index is 340. The Balaban J connectivity index is 2.57. The second-order valence-corrected chi connectivity index (χ2v) is 3.12. The molecule has 0 fully saturated rings. The summed E-state index contributed by atoms with van der Waals surface area (Å²) < 4.78 is 0. The van der Waals surface area contributed by atoms with Crippen molar-refractivity contribution < 1.29 is 0 Å². The van der Waals surface area contributed by atoms with Gasteiger partial charge in [0.25, 0.3) is 0 Å². The predicted molar refractivity (Wildman–Crippen MR) is 51.6 cm³/mol. The summed E-state index contributed by atoms with van der Waals surface area (Å²) in [6, 6.07) is 6.28. The van der Waals surface area contributed by atoms with Crippen molar-refractivity contribution in [1.29, 1.82) is 0 Å². The highest BCUT2D eigenvalue weighted by molar-refractivity contribution is 5.72. The van der Waals surface area contributed by atoms with Gasteiger partial charge in [-0.1, -0.05) is 18.2 Å². The lowest BCUT2D eigenvalue weighted by atomic mass is 10.1. The Labute approximate surface area is 72.3 Å². The summed E-state index contributed by atoms with van der Waals surface area (Å²) in [6.07, 6.45) is 2.14. The van der Waals surface area contributed by atoms with Crippen molar-refractivity contribution in [3.63, 3.8) is 0 Å². The van der Waals surface area contributed by atoms with E-state index in [1.54, 1.807) is 0 Å². The molecule has 0 bridgehead atoms. The lowest BCUT2D eigenvalue weighted by Gasteiger charge is -2.19. The number of nitrogens with one attached hydrogen (secondary N) is 2. The summed E-state index contributed by atoms with van der Waals surface area (Å²) in [7, 11) is 0. The molecule has 0 atom stereocenters. The topological polar surface area (TPSA) is 24.1 Å². The number of anilines is 1. The number of hydrogen-bond donors (Lipinski definition) is 2. The molecule has 0 aromatic heterocycles. The first-order valence-electron chi connectivity index (χ1n) is 4.07. The quantitative estimate of drug-likeness (QED) is 0.608. The summed E-state index contributed by atoms with van der Waals surface area (Å²) in [5.41, 5.74) is 11.1. The molecule has 62 valence electrons. The van der Waals surface area contributed by atoms with Gasteiger partial charge in [0.05, 0.1) is 5.69 Å². The first-order valence-corrected chi connectivity index (χ1v) is 4.07. The van der Waals surface area contributed by atoms with Crippen molar-refractivity contribution in [2.75, 3.05) is 5.43 Å². The van der Waals surface area contributed by atoms with Crippen molar-refractivity contribution in [2.45, 2.75) is 13.8 Å². The van der Waals surface area contributed by atoms with Gasteiger partial charge in [-0.25, -0.2) is 0 Å². The average Bonchev–Trinajstić information content (AvgIpc) is 2.04. The third-order valence-electron chi connectivity index (χ3n) is 2.06. The van der Waals surface area contributed by atoms with Crippen molar-refractivity contribution in [1.82, 2.24) is 5.43 Å². The number of fused-ring (bicyclic) bond motifs is 1.